The van der Waals surface area contributed by atoms with E-state index in [9.17, 15) is 9.59 Å². The van der Waals surface area contributed by atoms with E-state index in [0.717, 1.165) is 10.9 Å². The van der Waals surface area contributed by atoms with Crippen molar-refractivity contribution in [2.45, 2.75) is 6.42 Å². The van der Waals surface area contributed by atoms with Crippen LogP contribution in [0.15, 0.2) is 48.5 Å². The Morgan fingerprint density at radius 3 is 2.68 bits per heavy atom. The van der Waals surface area contributed by atoms with E-state index in [1.54, 1.807) is 31.4 Å². The zero-order chi connectivity index (χ0) is 17.8. The number of aliphatic hydroxyl groups excluding tert-OH is 1. The maximum atomic E-state index is 12.7. The summed E-state index contributed by atoms with van der Waals surface area (Å²) in [6.07, 6.45) is -0.0952. The van der Waals surface area contributed by atoms with Gasteiger partial charge in [0.25, 0.3) is 0 Å². The molecule has 0 amide bonds. The molecule has 0 spiro atoms. The Kier molecular flexibility index (Phi) is 4.81. The Bertz CT molecular complexity index is 928. The number of nitrogens with one attached hydrogen (secondary N) is 1. The summed E-state index contributed by atoms with van der Waals surface area (Å²) in [4.78, 5) is 27.2. The summed E-state index contributed by atoms with van der Waals surface area (Å²) < 4.78 is 10.3. The molecule has 0 saturated heterocycles. The number of carbonyl (C=O) groups excluding carboxylic acids is 2. The average Bonchev–Trinajstić information content (AvgIpc) is 3.04. The van der Waals surface area contributed by atoms with Crippen LogP contribution in [-0.2, 0) is 4.79 Å². The molecule has 0 radical (unpaired) electrons. The number of methoxy groups -OCH3 is 1. The summed E-state index contributed by atoms with van der Waals surface area (Å²) in [6.45, 7) is -0.282. The number of hydrogen-bond donors (Lipinski definition) is 2. The van der Waals surface area contributed by atoms with Crippen LogP contribution >= 0.6 is 0 Å². The molecule has 0 unspecified atom stereocenters. The van der Waals surface area contributed by atoms with Crippen LogP contribution in [0.2, 0.25) is 0 Å². The van der Waals surface area contributed by atoms with Gasteiger partial charge in [-0.25, -0.2) is 0 Å². The van der Waals surface area contributed by atoms with Crippen molar-refractivity contribution in [1.29, 1.82) is 0 Å². The number of aromatic nitrogens is 1. The summed E-state index contributed by atoms with van der Waals surface area (Å²) in [7, 11) is 1.59. The molecular formula is C19H17NO5. The highest BCUT2D eigenvalue weighted by Gasteiger charge is 2.14. The van der Waals surface area contributed by atoms with E-state index in [1.165, 1.54) is 6.07 Å². The standard InChI is InChI=1S/C19H17NO5/c1-24-14-5-6-16-13(10-14)11-17(20-16)19(23)12-3-2-4-15(9-12)25-18(22)7-8-21/h2-6,9-11,20-21H,7-8H2,1H3. The molecule has 25 heavy (non-hydrogen) atoms. The molecule has 2 aromatic carbocycles. The average molecular weight is 339 g/mol. The van der Waals surface area contributed by atoms with E-state index >= 15 is 0 Å². The number of ketones is 1. The number of esters is 1. The molecule has 0 saturated carbocycles. The minimum atomic E-state index is -0.551. The van der Waals surface area contributed by atoms with Crippen LogP contribution in [0.1, 0.15) is 22.5 Å². The van der Waals surface area contributed by atoms with Gasteiger partial charge in [0.05, 0.1) is 25.8 Å². The number of aromatic amines is 1. The molecule has 3 aromatic rings. The smallest absolute Gasteiger partial charge is 0.313 e. The van der Waals surface area contributed by atoms with Crippen LogP contribution in [0.4, 0.5) is 0 Å². The molecule has 0 aliphatic rings. The first-order chi connectivity index (χ1) is 12.1. The molecule has 0 aliphatic carbocycles. The minimum absolute atomic E-state index is 0.0952. The Hall–Kier alpha value is -3.12. The third-order valence-corrected chi connectivity index (χ3v) is 3.72. The predicted molar refractivity (Wildman–Crippen MR) is 92.1 cm³/mol. The zero-order valence-electron chi connectivity index (χ0n) is 13.6. The number of H-pyrrole nitrogens is 1. The molecule has 1 aromatic heterocycles. The first kappa shape index (κ1) is 16.7. The van der Waals surface area contributed by atoms with Crippen molar-refractivity contribution < 1.29 is 24.2 Å². The molecule has 0 aliphatic heterocycles. The van der Waals surface area contributed by atoms with Crippen molar-refractivity contribution in [3.63, 3.8) is 0 Å². The van der Waals surface area contributed by atoms with Crippen LogP contribution in [0.5, 0.6) is 11.5 Å². The molecule has 1 heterocycles. The van der Waals surface area contributed by atoms with Gasteiger partial charge in [-0.1, -0.05) is 12.1 Å². The van der Waals surface area contributed by atoms with Crippen molar-refractivity contribution in [2.75, 3.05) is 13.7 Å². The van der Waals surface area contributed by atoms with E-state index in [4.69, 9.17) is 14.6 Å². The SMILES string of the molecule is COc1ccc2[nH]c(C(=O)c3cccc(OC(=O)CCO)c3)cc2c1. The van der Waals surface area contributed by atoms with Crippen molar-refractivity contribution in [1.82, 2.24) is 4.98 Å². The molecule has 3 rings (SSSR count). The second kappa shape index (κ2) is 7.19. The predicted octanol–water partition coefficient (Wildman–Crippen LogP) is 2.70. The normalized spacial score (nSPS) is 10.6. The van der Waals surface area contributed by atoms with E-state index in [0.29, 0.717) is 17.0 Å². The maximum absolute atomic E-state index is 12.7. The lowest BCUT2D eigenvalue weighted by molar-refractivity contribution is -0.135. The van der Waals surface area contributed by atoms with Gasteiger partial charge < -0.3 is 19.6 Å². The first-order valence-corrected chi connectivity index (χ1v) is 7.74. The van der Waals surface area contributed by atoms with Gasteiger partial charge in [-0.2, -0.15) is 0 Å². The highest BCUT2D eigenvalue weighted by atomic mass is 16.5. The Balaban J connectivity index is 1.86. The third kappa shape index (κ3) is 3.70. The Morgan fingerprint density at radius 1 is 1.08 bits per heavy atom. The van der Waals surface area contributed by atoms with Crippen molar-refractivity contribution >= 4 is 22.7 Å². The number of benzene rings is 2. The van der Waals surface area contributed by atoms with Gasteiger partial charge in [-0.05, 0) is 36.4 Å². The van der Waals surface area contributed by atoms with Crippen LogP contribution in [0, 0.1) is 0 Å². The fourth-order valence-electron chi connectivity index (χ4n) is 2.49. The number of carbonyl (C=O) groups is 2. The van der Waals surface area contributed by atoms with Crippen molar-refractivity contribution in [3.8, 4) is 11.5 Å². The monoisotopic (exact) mass is 339 g/mol. The molecule has 0 bridgehead atoms. The van der Waals surface area contributed by atoms with Gasteiger partial charge in [-0.3, -0.25) is 9.59 Å². The molecule has 0 atom stereocenters. The lowest BCUT2D eigenvalue weighted by atomic mass is 10.1. The third-order valence-electron chi connectivity index (χ3n) is 3.72. The molecule has 128 valence electrons. The summed E-state index contributed by atoms with van der Waals surface area (Å²) in [5, 5.41) is 9.61. The van der Waals surface area contributed by atoms with Crippen LogP contribution < -0.4 is 9.47 Å². The van der Waals surface area contributed by atoms with Gasteiger partial charge in [0.1, 0.15) is 11.5 Å². The number of hydrogen-bond acceptors (Lipinski definition) is 5. The largest absolute Gasteiger partial charge is 0.497 e. The minimum Gasteiger partial charge on any atom is -0.497 e. The summed E-state index contributed by atoms with van der Waals surface area (Å²) in [6, 6.07) is 13.6. The summed E-state index contributed by atoms with van der Waals surface area (Å²) in [5.74, 6) is 0.213. The van der Waals surface area contributed by atoms with Crippen LogP contribution in [-0.4, -0.2) is 35.6 Å². The topological polar surface area (TPSA) is 88.6 Å². The van der Waals surface area contributed by atoms with Crippen LogP contribution in [0.3, 0.4) is 0 Å². The molecule has 0 fully saturated rings. The fourth-order valence-corrected chi connectivity index (χ4v) is 2.49. The van der Waals surface area contributed by atoms with Gasteiger partial charge in [0.15, 0.2) is 0 Å². The summed E-state index contributed by atoms with van der Waals surface area (Å²) >= 11 is 0. The lowest BCUT2D eigenvalue weighted by Crippen LogP contribution is -2.10. The molecular weight excluding hydrogens is 322 g/mol. The van der Waals surface area contributed by atoms with E-state index < -0.39 is 5.97 Å². The number of ether oxygens (including phenoxy) is 2. The van der Waals surface area contributed by atoms with Gasteiger partial charge in [0, 0.05) is 16.5 Å². The van der Waals surface area contributed by atoms with E-state index in [-0.39, 0.29) is 24.6 Å². The van der Waals surface area contributed by atoms with E-state index in [2.05, 4.69) is 4.98 Å². The first-order valence-electron chi connectivity index (χ1n) is 7.74. The number of rotatable bonds is 6. The second-order valence-electron chi connectivity index (χ2n) is 5.44. The Labute approximate surface area is 144 Å². The summed E-state index contributed by atoms with van der Waals surface area (Å²) in [5.41, 5.74) is 1.66. The molecule has 2 N–H and O–H groups in total. The van der Waals surface area contributed by atoms with Crippen molar-refractivity contribution in [3.05, 3.63) is 59.8 Å². The number of aliphatic hydroxyl groups is 1. The second-order valence-corrected chi connectivity index (χ2v) is 5.44. The molecule has 6 heteroatoms. The number of fused-ring (bicyclic) bond motifs is 1. The Morgan fingerprint density at radius 2 is 1.92 bits per heavy atom. The zero-order valence-corrected chi connectivity index (χ0v) is 13.6. The van der Waals surface area contributed by atoms with Crippen molar-refractivity contribution in [2.24, 2.45) is 0 Å². The lowest BCUT2D eigenvalue weighted by Gasteiger charge is -2.05. The molecule has 6 nitrogen and oxygen atoms in total. The fraction of sp³-hybridized carbons (Fsp3) is 0.158. The maximum Gasteiger partial charge on any atom is 0.313 e. The quantitative estimate of drug-likeness (QED) is 0.409. The van der Waals surface area contributed by atoms with Gasteiger partial charge in [0.2, 0.25) is 5.78 Å². The van der Waals surface area contributed by atoms with Gasteiger partial charge in [-0.15, -0.1) is 0 Å². The van der Waals surface area contributed by atoms with Crippen LogP contribution in [0.25, 0.3) is 10.9 Å². The van der Waals surface area contributed by atoms with Gasteiger partial charge >= 0.3 is 5.97 Å². The van der Waals surface area contributed by atoms with E-state index in [1.807, 2.05) is 18.2 Å². The highest BCUT2D eigenvalue weighted by molar-refractivity contribution is 6.10. The highest BCUT2D eigenvalue weighted by Crippen LogP contribution is 2.23.